The summed E-state index contributed by atoms with van der Waals surface area (Å²) in [5, 5.41) is 11.2. The van der Waals surface area contributed by atoms with E-state index >= 15 is 0 Å². The molecular weight excluding hydrogens is 320 g/mol. The Balaban J connectivity index is 1.81. The number of hydrogen-bond acceptors (Lipinski definition) is 5. The van der Waals surface area contributed by atoms with Crippen LogP contribution in [0.3, 0.4) is 0 Å². The van der Waals surface area contributed by atoms with Gasteiger partial charge in [-0.05, 0) is 35.9 Å². The number of anilines is 1. The lowest BCUT2D eigenvalue weighted by Crippen LogP contribution is -1.99. The summed E-state index contributed by atoms with van der Waals surface area (Å²) in [4.78, 5) is 10.7. The summed E-state index contributed by atoms with van der Waals surface area (Å²) in [6.45, 7) is 0.229. The maximum absolute atomic E-state index is 11.2. The molecule has 0 bridgehead atoms. The number of nitrogens with zero attached hydrogens (tertiary/aromatic N) is 1. The fourth-order valence-corrected chi connectivity index (χ4v) is 2.23. The van der Waals surface area contributed by atoms with Gasteiger partial charge >= 0.3 is 5.69 Å². The Labute approximate surface area is 144 Å². The topological polar surface area (TPSA) is 87.6 Å². The maximum atomic E-state index is 11.2. The molecule has 0 aliphatic carbocycles. The van der Waals surface area contributed by atoms with Crippen molar-refractivity contribution in [3.63, 3.8) is 0 Å². The summed E-state index contributed by atoms with van der Waals surface area (Å²) < 4.78 is 11.3. The van der Waals surface area contributed by atoms with Crippen molar-refractivity contribution in [2.24, 2.45) is 0 Å². The highest BCUT2D eigenvalue weighted by molar-refractivity contribution is 5.52. The Hall–Kier alpha value is -3.54. The van der Waals surface area contributed by atoms with Gasteiger partial charge in [-0.3, -0.25) is 10.1 Å². The van der Waals surface area contributed by atoms with Crippen molar-refractivity contribution in [2.75, 3.05) is 5.73 Å². The number of ether oxygens (including phenoxy) is 2. The van der Waals surface area contributed by atoms with Crippen LogP contribution in [0.5, 0.6) is 17.2 Å². The zero-order valence-electron chi connectivity index (χ0n) is 13.3. The van der Waals surface area contributed by atoms with Gasteiger partial charge in [0.1, 0.15) is 18.1 Å². The Kier molecular flexibility index (Phi) is 4.80. The Bertz CT molecular complexity index is 864. The fourth-order valence-electron chi connectivity index (χ4n) is 2.23. The average molecular weight is 336 g/mol. The van der Waals surface area contributed by atoms with Crippen LogP contribution in [-0.2, 0) is 6.61 Å². The van der Waals surface area contributed by atoms with Crippen LogP contribution in [0, 0.1) is 10.1 Å². The van der Waals surface area contributed by atoms with Crippen molar-refractivity contribution in [3.8, 4) is 17.2 Å². The van der Waals surface area contributed by atoms with Gasteiger partial charge in [0.05, 0.1) is 4.92 Å². The van der Waals surface area contributed by atoms with E-state index in [0.717, 1.165) is 5.56 Å². The van der Waals surface area contributed by atoms with Gasteiger partial charge in [0.15, 0.2) is 0 Å². The molecule has 25 heavy (non-hydrogen) atoms. The fraction of sp³-hybridized carbons (Fsp3) is 0.0526. The van der Waals surface area contributed by atoms with E-state index in [1.807, 2.05) is 30.3 Å². The second-order valence-electron chi connectivity index (χ2n) is 5.33. The molecular formula is C19H16N2O4. The molecule has 126 valence electrons. The summed E-state index contributed by atoms with van der Waals surface area (Å²) in [6, 6.07) is 20.7. The summed E-state index contributed by atoms with van der Waals surface area (Å²) in [5.41, 5.74) is 7.08. The predicted molar refractivity (Wildman–Crippen MR) is 94.8 cm³/mol. The highest BCUT2D eigenvalue weighted by Crippen LogP contribution is 2.34. The Morgan fingerprint density at radius 2 is 1.60 bits per heavy atom. The third-order valence-corrected chi connectivity index (χ3v) is 3.48. The Morgan fingerprint density at radius 3 is 2.28 bits per heavy atom. The van der Waals surface area contributed by atoms with Gasteiger partial charge in [-0.2, -0.15) is 0 Å². The standard InChI is InChI=1S/C19H16N2O4/c20-15-6-8-16(9-7-15)25-17-10-11-18(21(22)23)19(12-17)24-13-14-4-2-1-3-5-14/h1-12H,13,20H2. The lowest BCUT2D eigenvalue weighted by atomic mass is 10.2. The van der Waals surface area contributed by atoms with E-state index in [0.29, 0.717) is 17.2 Å². The second-order valence-corrected chi connectivity index (χ2v) is 5.33. The van der Waals surface area contributed by atoms with Crippen LogP contribution in [-0.4, -0.2) is 4.92 Å². The van der Waals surface area contributed by atoms with Crippen LogP contribution in [0.25, 0.3) is 0 Å². The van der Waals surface area contributed by atoms with Crippen LogP contribution in [0.2, 0.25) is 0 Å². The molecule has 0 aliphatic heterocycles. The molecule has 0 amide bonds. The third kappa shape index (κ3) is 4.26. The summed E-state index contributed by atoms with van der Waals surface area (Å²) in [6.07, 6.45) is 0. The van der Waals surface area contributed by atoms with Crippen molar-refractivity contribution >= 4 is 11.4 Å². The number of nitro benzene ring substituents is 1. The minimum atomic E-state index is -0.479. The normalized spacial score (nSPS) is 10.2. The summed E-state index contributed by atoms with van der Waals surface area (Å²) in [7, 11) is 0. The molecule has 6 nitrogen and oxygen atoms in total. The van der Waals surface area contributed by atoms with Gasteiger partial charge < -0.3 is 15.2 Å². The van der Waals surface area contributed by atoms with Crippen molar-refractivity contribution in [2.45, 2.75) is 6.61 Å². The molecule has 3 aromatic rings. The minimum absolute atomic E-state index is 0.111. The van der Waals surface area contributed by atoms with Crippen molar-refractivity contribution in [1.82, 2.24) is 0 Å². The van der Waals surface area contributed by atoms with E-state index in [4.69, 9.17) is 15.2 Å². The number of nitrogens with two attached hydrogens (primary N) is 1. The van der Waals surface area contributed by atoms with Gasteiger partial charge in [0.2, 0.25) is 5.75 Å². The van der Waals surface area contributed by atoms with E-state index in [2.05, 4.69) is 0 Å². The SMILES string of the molecule is Nc1ccc(Oc2ccc([N+](=O)[O-])c(OCc3ccccc3)c2)cc1. The molecule has 0 aromatic heterocycles. The van der Waals surface area contributed by atoms with E-state index in [1.54, 1.807) is 24.3 Å². The summed E-state index contributed by atoms with van der Waals surface area (Å²) >= 11 is 0. The molecule has 0 heterocycles. The second kappa shape index (κ2) is 7.35. The minimum Gasteiger partial charge on any atom is -0.482 e. The lowest BCUT2D eigenvalue weighted by molar-refractivity contribution is -0.386. The highest BCUT2D eigenvalue weighted by atomic mass is 16.6. The first-order valence-electron chi connectivity index (χ1n) is 7.60. The molecule has 0 spiro atoms. The van der Waals surface area contributed by atoms with Crippen LogP contribution < -0.4 is 15.2 Å². The number of nitro groups is 1. The van der Waals surface area contributed by atoms with Gasteiger partial charge in [-0.25, -0.2) is 0 Å². The number of hydrogen-bond donors (Lipinski definition) is 1. The molecule has 0 fully saturated rings. The van der Waals surface area contributed by atoms with E-state index in [1.165, 1.54) is 18.2 Å². The first kappa shape index (κ1) is 16.3. The molecule has 3 rings (SSSR count). The van der Waals surface area contributed by atoms with Gasteiger partial charge in [0.25, 0.3) is 0 Å². The van der Waals surface area contributed by atoms with Crippen LogP contribution in [0.15, 0.2) is 72.8 Å². The van der Waals surface area contributed by atoms with Crippen LogP contribution in [0.1, 0.15) is 5.56 Å². The smallest absolute Gasteiger partial charge is 0.311 e. The first-order chi connectivity index (χ1) is 12.1. The maximum Gasteiger partial charge on any atom is 0.311 e. The molecule has 0 saturated carbocycles. The van der Waals surface area contributed by atoms with Gasteiger partial charge in [0, 0.05) is 17.8 Å². The first-order valence-corrected chi connectivity index (χ1v) is 7.60. The quantitative estimate of drug-likeness (QED) is 0.405. The van der Waals surface area contributed by atoms with Crippen molar-refractivity contribution < 1.29 is 14.4 Å². The predicted octanol–water partition coefficient (Wildman–Crippen LogP) is 4.55. The average Bonchev–Trinajstić information content (AvgIpc) is 2.63. The largest absolute Gasteiger partial charge is 0.482 e. The Morgan fingerprint density at radius 1 is 0.920 bits per heavy atom. The zero-order chi connectivity index (χ0) is 17.6. The molecule has 0 aliphatic rings. The summed E-state index contributed by atoms with van der Waals surface area (Å²) in [5.74, 6) is 1.18. The van der Waals surface area contributed by atoms with Crippen LogP contribution in [0.4, 0.5) is 11.4 Å². The van der Waals surface area contributed by atoms with Crippen molar-refractivity contribution in [3.05, 3.63) is 88.5 Å². The van der Waals surface area contributed by atoms with Crippen LogP contribution >= 0.6 is 0 Å². The van der Waals surface area contributed by atoms with E-state index in [9.17, 15) is 10.1 Å². The lowest BCUT2D eigenvalue weighted by Gasteiger charge is -2.10. The van der Waals surface area contributed by atoms with Gasteiger partial charge in [-0.15, -0.1) is 0 Å². The molecule has 3 aromatic carbocycles. The third-order valence-electron chi connectivity index (χ3n) is 3.48. The molecule has 2 N–H and O–H groups in total. The molecule has 0 saturated heterocycles. The molecule has 0 radical (unpaired) electrons. The number of nitrogen functional groups attached to an aromatic ring is 1. The zero-order valence-corrected chi connectivity index (χ0v) is 13.3. The van der Waals surface area contributed by atoms with E-state index < -0.39 is 4.92 Å². The highest BCUT2D eigenvalue weighted by Gasteiger charge is 2.16. The molecule has 6 heteroatoms. The van der Waals surface area contributed by atoms with Gasteiger partial charge in [-0.1, -0.05) is 30.3 Å². The number of benzene rings is 3. The number of rotatable bonds is 6. The molecule has 0 unspecified atom stereocenters. The van der Waals surface area contributed by atoms with Crippen molar-refractivity contribution in [1.29, 1.82) is 0 Å². The van der Waals surface area contributed by atoms with E-state index in [-0.39, 0.29) is 18.0 Å². The monoisotopic (exact) mass is 336 g/mol. The molecule has 0 atom stereocenters.